The van der Waals surface area contributed by atoms with Crippen LogP contribution in [-0.4, -0.2) is 51.2 Å². The molecule has 0 aliphatic carbocycles. The fourth-order valence-electron chi connectivity index (χ4n) is 4.26. The van der Waals surface area contributed by atoms with Crippen molar-refractivity contribution in [1.29, 1.82) is 0 Å². The first-order valence-corrected chi connectivity index (χ1v) is 10.9. The number of benzene rings is 2. The molecular formula is C26H30N2O4. The number of allylic oxidation sites excluding steroid dienone is 1. The van der Waals surface area contributed by atoms with Crippen molar-refractivity contribution in [2.75, 3.05) is 45.3 Å². The summed E-state index contributed by atoms with van der Waals surface area (Å²) in [6.45, 7) is 8.81. The Hall–Kier alpha value is -3.41. The molecule has 0 N–H and O–H groups in total. The van der Waals surface area contributed by atoms with Crippen molar-refractivity contribution in [1.82, 2.24) is 4.90 Å². The molecule has 4 rings (SSSR count). The molecule has 1 aliphatic rings. The maximum atomic E-state index is 13.0. The number of methoxy groups -OCH3 is 2. The number of nitrogens with zero attached hydrogens (tertiary/aromatic N) is 2. The van der Waals surface area contributed by atoms with Crippen LogP contribution >= 0.6 is 0 Å². The Bertz CT molecular complexity index is 1170. The Morgan fingerprint density at radius 2 is 1.69 bits per heavy atom. The molecular weight excluding hydrogens is 404 g/mol. The van der Waals surface area contributed by atoms with Crippen LogP contribution in [0, 0.1) is 13.8 Å². The van der Waals surface area contributed by atoms with Gasteiger partial charge in [0, 0.05) is 49.3 Å². The summed E-state index contributed by atoms with van der Waals surface area (Å²) >= 11 is 0. The molecule has 3 aromatic rings. The molecule has 6 nitrogen and oxygen atoms in total. The number of hydrogen-bond donors (Lipinski definition) is 0. The average Bonchev–Trinajstić information content (AvgIpc) is 3.10. The Kier molecular flexibility index (Phi) is 6.12. The Labute approximate surface area is 189 Å². The quantitative estimate of drug-likeness (QED) is 0.539. The number of para-hydroxylation sites is 2. The van der Waals surface area contributed by atoms with Gasteiger partial charge < -0.3 is 23.7 Å². The van der Waals surface area contributed by atoms with Gasteiger partial charge in [0.05, 0.1) is 19.9 Å². The first-order chi connectivity index (χ1) is 15.4. The molecule has 6 heteroatoms. The molecule has 2 aromatic carbocycles. The van der Waals surface area contributed by atoms with Gasteiger partial charge in [0.2, 0.25) is 5.91 Å². The van der Waals surface area contributed by atoms with Gasteiger partial charge in [0.15, 0.2) is 0 Å². The number of amides is 1. The van der Waals surface area contributed by atoms with E-state index in [2.05, 4.69) is 17.0 Å². The highest BCUT2D eigenvalue weighted by molar-refractivity contribution is 5.97. The number of carbonyl (C=O) groups is 1. The van der Waals surface area contributed by atoms with Gasteiger partial charge in [-0.25, -0.2) is 0 Å². The molecule has 1 fully saturated rings. The van der Waals surface area contributed by atoms with Gasteiger partial charge in [-0.15, -0.1) is 0 Å². The van der Waals surface area contributed by atoms with E-state index in [1.807, 2.05) is 49.9 Å². The lowest BCUT2D eigenvalue weighted by Gasteiger charge is -2.36. The lowest BCUT2D eigenvalue weighted by Crippen LogP contribution is -2.48. The number of rotatable bonds is 5. The van der Waals surface area contributed by atoms with Gasteiger partial charge in [0.1, 0.15) is 22.8 Å². The molecule has 1 aromatic heterocycles. The molecule has 0 atom stereocenters. The number of hydrogen-bond acceptors (Lipinski definition) is 5. The zero-order valence-electron chi connectivity index (χ0n) is 19.4. The summed E-state index contributed by atoms with van der Waals surface area (Å²) in [7, 11) is 3.32. The number of ether oxygens (including phenoxy) is 2. The van der Waals surface area contributed by atoms with E-state index in [4.69, 9.17) is 13.9 Å². The molecule has 1 saturated heterocycles. The fraction of sp³-hybridized carbons (Fsp3) is 0.346. The van der Waals surface area contributed by atoms with Gasteiger partial charge in [-0.05, 0) is 50.1 Å². The molecule has 2 heterocycles. The van der Waals surface area contributed by atoms with Gasteiger partial charge in [0.25, 0.3) is 0 Å². The Morgan fingerprint density at radius 1 is 1.00 bits per heavy atom. The molecule has 0 spiro atoms. The standard InChI is InChI=1S/C26H30N2O4/c1-17(20-15-21-18(2)19(3)32-25(21)16-24(20)31-5)14-26(29)28-12-10-27(11-13-28)22-8-6-7-9-23(22)30-4/h6-9,14-16H,10-13H2,1-5H3/b17-14+. The van der Waals surface area contributed by atoms with E-state index in [0.717, 1.165) is 58.0 Å². The molecule has 0 bridgehead atoms. The van der Waals surface area contributed by atoms with E-state index in [1.54, 1.807) is 20.3 Å². The lowest BCUT2D eigenvalue weighted by atomic mass is 10.0. The molecule has 0 saturated carbocycles. The summed E-state index contributed by atoms with van der Waals surface area (Å²) in [6, 6.07) is 12.0. The smallest absolute Gasteiger partial charge is 0.246 e. The Balaban J connectivity index is 1.51. The van der Waals surface area contributed by atoms with Gasteiger partial charge in [-0.1, -0.05) is 12.1 Å². The van der Waals surface area contributed by atoms with Crippen molar-refractivity contribution in [2.45, 2.75) is 20.8 Å². The maximum Gasteiger partial charge on any atom is 0.246 e. The minimum absolute atomic E-state index is 0.0180. The monoisotopic (exact) mass is 434 g/mol. The summed E-state index contributed by atoms with van der Waals surface area (Å²) in [4.78, 5) is 17.2. The zero-order valence-corrected chi connectivity index (χ0v) is 19.4. The van der Waals surface area contributed by atoms with Gasteiger partial charge >= 0.3 is 0 Å². The van der Waals surface area contributed by atoms with E-state index in [-0.39, 0.29) is 5.91 Å². The molecule has 1 aliphatic heterocycles. The van der Waals surface area contributed by atoms with Crippen molar-refractivity contribution in [3.8, 4) is 11.5 Å². The highest BCUT2D eigenvalue weighted by Gasteiger charge is 2.22. The molecule has 168 valence electrons. The maximum absolute atomic E-state index is 13.0. The number of aryl methyl sites for hydroxylation is 2. The number of furan rings is 1. The SMILES string of the molecule is COc1cc2oc(C)c(C)c2cc1/C(C)=C/C(=O)N1CCN(c2ccccc2OC)CC1. The van der Waals surface area contributed by atoms with E-state index < -0.39 is 0 Å². The first kappa shape index (κ1) is 21.8. The second kappa shape index (κ2) is 8.99. The van der Waals surface area contributed by atoms with Crippen LogP contribution in [0.3, 0.4) is 0 Å². The molecule has 0 unspecified atom stereocenters. The average molecular weight is 435 g/mol. The van der Waals surface area contributed by atoms with Crippen molar-refractivity contribution in [3.63, 3.8) is 0 Å². The summed E-state index contributed by atoms with van der Waals surface area (Å²) in [6.07, 6.45) is 1.71. The third-order valence-corrected chi connectivity index (χ3v) is 6.28. The second-order valence-corrected chi connectivity index (χ2v) is 8.14. The molecule has 32 heavy (non-hydrogen) atoms. The summed E-state index contributed by atoms with van der Waals surface area (Å²) < 4.78 is 16.9. The largest absolute Gasteiger partial charge is 0.496 e. The van der Waals surface area contributed by atoms with Crippen LogP contribution in [0.5, 0.6) is 11.5 Å². The Morgan fingerprint density at radius 3 is 2.38 bits per heavy atom. The summed E-state index contributed by atoms with van der Waals surface area (Å²) in [5.74, 6) is 2.47. The highest BCUT2D eigenvalue weighted by atomic mass is 16.5. The summed E-state index contributed by atoms with van der Waals surface area (Å²) in [5.41, 5.74) is 4.75. The second-order valence-electron chi connectivity index (χ2n) is 8.14. The number of piperazine rings is 1. The van der Waals surface area contributed by atoms with E-state index in [9.17, 15) is 4.79 Å². The van der Waals surface area contributed by atoms with Crippen molar-refractivity contribution in [3.05, 3.63) is 59.4 Å². The van der Waals surface area contributed by atoms with Crippen LogP contribution < -0.4 is 14.4 Å². The normalized spacial score (nSPS) is 14.7. The third-order valence-electron chi connectivity index (χ3n) is 6.28. The number of carbonyl (C=O) groups excluding carboxylic acids is 1. The van der Waals surface area contributed by atoms with E-state index in [1.165, 1.54) is 0 Å². The fourth-order valence-corrected chi connectivity index (χ4v) is 4.26. The van der Waals surface area contributed by atoms with Crippen molar-refractivity contribution >= 4 is 28.1 Å². The predicted molar refractivity (Wildman–Crippen MR) is 128 cm³/mol. The van der Waals surface area contributed by atoms with Crippen molar-refractivity contribution in [2.24, 2.45) is 0 Å². The van der Waals surface area contributed by atoms with E-state index >= 15 is 0 Å². The predicted octanol–water partition coefficient (Wildman–Crippen LogP) is 4.82. The van der Waals surface area contributed by atoms with Crippen LogP contribution in [0.4, 0.5) is 5.69 Å². The molecule has 0 radical (unpaired) electrons. The van der Waals surface area contributed by atoms with Crippen LogP contribution in [0.1, 0.15) is 23.8 Å². The van der Waals surface area contributed by atoms with Crippen LogP contribution in [0.25, 0.3) is 16.5 Å². The van der Waals surface area contributed by atoms with Gasteiger partial charge in [-0.2, -0.15) is 0 Å². The minimum Gasteiger partial charge on any atom is -0.496 e. The third kappa shape index (κ3) is 4.05. The summed E-state index contributed by atoms with van der Waals surface area (Å²) in [5, 5.41) is 1.05. The first-order valence-electron chi connectivity index (χ1n) is 10.9. The lowest BCUT2D eigenvalue weighted by molar-refractivity contribution is -0.126. The minimum atomic E-state index is 0.0180. The zero-order chi connectivity index (χ0) is 22.8. The van der Waals surface area contributed by atoms with Crippen LogP contribution in [0.15, 0.2) is 46.9 Å². The van der Waals surface area contributed by atoms with Gasteiger partial charge in [-0.3, -0.25) is 4.79 Å². The highest BCUT2D eigenvalue weighted by Crippen LogP contribution is 2.35. The topological polar surface area (TPSA) is 55.2 Å². The van der Waals surface area contributed by atoms with Crippen LogP contribution in [-0.2, 0) is 4.79 Å². The molecule has 1 amide bonds. The van der Waals surface area contributed by atoms with Crippen molar-refractivity contribution < 1.29 is 18.7 Å². The van der Waals surface area contributed by atoms with Crippen LogP contribution in [0.2, 0.25) is 0 Å². The number of anilines is 1. The number of fused-ring (bicyclic) bond motifs is 1. The van der Waals surface area contributed by atoms with E-state index in [0.29, 0.717) is 18.8 Å².